The first-order valence-electron chi connectivity index (χ1n) is 10.0. The molecule has 0 radical (unpaired) electrons. The second-order valence-electron chi connectivity index (χ2n) is 7.03. The van der Waals surface area contributed by atoms with Gasteiger partial charge in [0.25, 0.3) is 0 Å². The molecule has 4 atom stereocenters. The summed E-state index contributed by atoms with van der Waals surface area (Å²) in [7, 11) is 0. The summed E-state index contributed by atoms with van der Waals surface area (Å²) in [5.74, 6) is -5.71. The van der Waals surface area contributed by atoms with E-state index in [1.165, 1.54) is 0 Å². The number of esters is 5. The van der Waals surface area contributed by atoms with Crippen molar-refractivity contribution < 1.29 is 57.2 Å². The first kappa shape index (κ1) is 30.3. The molecule has 192 valence electrons. The largest absolute Gasteiger partial charge is 0.463 e. The molecule has 14 nitrogen and oxygen atoms in total. The van der Waals surface area contributed by atoms with Crippen LogP contribution in [0.2, 0.25) is 0 Å². The van der Waals surface area contributed by atoms with Crippen molar-refractivity contribution in [2.24, 2.45) is 0 Å². The van der Waals surface area contributed by atoms with Crippen molar-refractivity contribution in [3.8, 4) is 0 Å². The second kappa shape index (κ2) is 14.4. The van der Waals surface area contributed by atoms with E-state index >= 15 is 0 Å². The number of nitrogens with one attached hydrogen (secondary N) is 1. The van der Waals surface area contributed by atoms with E-state index in [4.69, 9.17) is 23.7 Å². The summed E-state index contributed by atoms with van der Waals surface area (Å²) in [5.41, 5.74) is 2.22. The summed E-state index contributed by atoms with van der Waals surface area (Å²) in [6.07, 6.45) is -4.85. The van der Waals surface area contributed by atoms with Crippen LogP contribution in [0.5, 0.6) is 0 Å². The van der Waals surface area contributed by atoms with Crippen molar-refractivity contribution in [1.82, 2.24) is 10.4 Å². The summed E-state index contributed by atoms with van der Waals surface area (Å²) in [6, 6.07) is -1.46. The molecule has 0 aromatic heterocycles. The van der Waals surface area contributed by atoms with Crippen LogP contribution < -0.4 is 5.43 Å². The zero-order valence-electron chi connectivity index (χ0n) is 20.1. The van der Waals surface area contributed by atoms with Gasteiger partial charge in [0.1, 0.15) is 19.3 Å². The lowest BCUT2D eigenvalue weighted by Gasteiger charge is -2.39. The summed E-state index contributed by atoms with van der Waals surface area (Å²) < 4.78 is 25.6. The summed E-state index contributed by atoms with van der Waals surface area (Å²) in [5, 5.41) is 0.714. The fourth-order valence-corrected chi connectivity index (χ4v) is 2.79. The van der Waals surface area contributed by atoms with Gasteiger partial charge in [0.2, 0.25) is 11.8 Å². The lowest BCUT2D eigenvalue weighted by molar-refractivity contribution is -0.199. The second-order valence-corrected chi connectivity index (χ2v) is 7.03. The number of hydrazine groups is 1. The van der Waals surface area contributed by atoms with E-state index < -0.39 is 79.2 Å². The highest BCUT2D eigenvalue weighted by Crippen LogP contribution is 2.21. The fraction of sp³-hybridized carbons (Fsp3) is 0.650. The predicted octanol–water partition coefficient (Wildman–Crippen LogP) is -0.824. The average Bonchev–Trinajstić information content (AvgIpc) is 2.66. The van der Waals surface area contributed by atoms with Gasteiger partial charge in [-0.15, -0.1) is 0 Å². The van der Waals surface area contributed by atoms with E-state index in [2.05, 4.69) is 5.43 Å². The normalized spacial score (nSPS) is 13.7. The Hall–Kier alpha value is -3.71. The third kappa shape index (κ3) is 11.8. The zero-order valence-corrected chi connectivity index (χ0v) is 20.1. The Morgan fingerprint density at radius 3 is 1.44 bits per heavy atom. The smallest absolute Gasteiger partial charge is 0.303 e. The molecule has 2 amide bonds. The average molecular weight is 490 g/mol. The molecule has 0 heterocycles. The van der Waals surface area contributed by atoms with Crippen LogP contribution in [0.25, 0.3) is 0 Å². The van der Waals surface area contributed by atoms with Crippen LogP contribution >= 0.6 is 0 Å². The molecule has 0 fully saturated rings. The van der Waals surface area contributed by atoms with Crippen LogP contribution in [-0.2, 0) is 57.2 Å². The van der Waals surface area contributed by atoms with E-state index in [1.54, 1.807) is 0 Å². The number of carbonyl (C=O) groups excluding carboxylic acids is 7. The zero-order chi connectivity index (χ0) is 26.6. The number of hydrogen-bond acceptors (Lipinski definition) is 12. The Morgan fingerprint density at radius 1 is 0.618 bits per heavy atom. The van der Waals surface area contributed by atoms with Crippen LogP contribution in [-0.4, -0.2) is 84.2 Å². The van der Waals surface area contributed by atoms with Gasteiger partial charge in [0.05, 0.1) is 0 Å². The lowest BCUT2D eigenvalue weighted by Crippen LogP contribution is -2.63. The monoisotopic (exact) mass is 490 g/mol. The van der Waals surface area contributed by atoms with Gasteiger partial charge in [-0.1, -0.05) is 0 Å². The van der Waals surface area contributed by atoms with Crippen molar-refractivity contribution in [1.29, 1.82) is 0 Å². The van der Waals surface area contributed by atoms with Gasteiger partial charge in [-0.25, -0.2) is 5.01 Å². The Balaban J connectivity index is 6.74. The van der Waals surface area contributed by atoms with Gasteiger partial charge < -0.3 is 23.7 Å². The van der Waals surface area contributed by atoms with Crippen molar-refractivity contribution in [2.75, 3.05) is 13.2 Å². The molecule has 0 unspecified atom stereocenters. The predicted molar refractivity (Wildman–Crippen MR) is 110 cm³/mol. The molecule has 0 aliphatic carbocycles. The van der Waals surface area contributed by atoms with Gasteiger partial charge in [-0.3, -0.25) is 39.0 Å². The van der Waals surface area contributed by atoms with Crippen LogP contribution in [0.3, 0.4) is 0 Å². The molecular formula is C20H30N2O12. The van der Waals surface area contributed by atoms with E-state index in [0.29, 0.717) is 5.01 Å². The molecule has 34 heavy (non-hydrogen) atoms. The molecule has 14 heteroatoms. The topological polar surface area (TPSA) is 181 Å². The van der Waals surface area contributed by atoms with E-state index in [-0.39, 0.29) is 0 Å². The summed E-state index contributed by atoms with van der Waals surface area (Å²) in [4.78, 5) is 82.4. The molecule has 0 aromatic rings. The van der Waals surface area contributed by atoms with Crippen molar-refractivity contribution in [3.05, 3.63) is 0 Å². The van der Waals surface area contributed by atoms with E-state index in [1.807, 2.05) is 0 Å². The van der Waals surface area contributed by atoms with Crippen LogP contribution in [0, 0.1) is 0 Å². The standard InChI is InChI=1S/C20H30N2O12/c1-10(23)21-22(11(2)24)17(8-30-12(3)25)19(33-15(6)28)20(34-16(7)29)18(32-14(5)27)9-31-13(4)26/h17-20H,8-9H2,1-7H3,(H,21,23)/t17-,18+,19+,20+/m0/s1. The maximum absolute atomic E-state index is 12.3. The maximum atomic E-state index is 12.3. The number of hydrogen-bond donors (Lipinski definition) is 1. The van der Waals surface area contributed by atoms with E-state index in [0.717, 1.165) is 48.5 Å². The third-order valence-corrected chi connectivity index (χ3v) is 3.85. The molecule has 0 aromatic carbocycles. The Labute approximate surface area is 196 Å². The van der Waals surface area contributed by atoms with Gasteiger partial charge in [-0.05, 0) is 0 Å². The molecule has 0 aliphatic heterocycles. The Bertz CT molecular complexity index is 796. The van der Waals surface area contributed by atoms with Crippen molar-refractivity contribution in [3.63, 3.8) is 0 Å². The summed E-state index contributed by atoms with van der Waals surface area (Å²) >= 11 is 0. The van der Waals surface area contributed by atoms with Crippen molar-refractivity contribution >= 4 is 41.7 Å². The molecule has 0 saturated carbocycles. The third-order valence-electron chi connectivity index (χ3n) is 3.85. The van der Waals surface area contributed by atoms with Crippen LogP contribution in [0.1, 0.15) is 48.5 Å². The maximum Gasteiger partial charge on any atom is 0.303 e. The minimum atomic E-state index is -1.67. The molecule has 0 saturated heterocycles. The Morgan fingerprint density at radius 2 is 1.06 bits per heavy atom. The first-order valence-corrected chi connectivity index (χ1v) is 10.0. The quantitative estimate of drug-likeness (QED) is 0.216. The minimum Gasteiger partial charge on any atom is -0.463 e. The van der Waals surface area contributed by atoms with Crippen LogP contribution in [0.4, 0.5) is 0 Å². The highest BCUT2D eigenvalue weighted by Gasteiger charge is 2.46. The van der Waals surface area contributed by atoms with Gasteiger partial charge in [-0.2, -0.15) is 0 Å². The number of ether oxygens (including phenoxy) is 5. The number of carbonyl (C=O) groups is 7. The summed E-state index contributed by atoms with van der Waals surface area (Å²) in [6.45, 7) is 6.08. The highest BCUT2D eigenvalue weighted by atomic mass is 16.6. The minimum absolute atomic E-state index is 0.620. The number of rotatable bonds is 11. The number of nitrogens with zero attached hydrogens (tertiary/aromatic N) is 1. The van der Waals surface area contributed by atoms with Crippen LogP contribution in [0.15, 0.2) is 0 Å². The molecular weight excluding hydrogens is 460 g/mol. The Kier molecular flexibility index (Phi) is 12.9. The fourth-order valence-electron chi connectivity index (χ4n) is 2.79. The lowest BCUT2D eigenvalue weighted by atomic mass is 9.99. The first-order chi connectivity index (χ1) is 15.6. The van der Waals surface area contributed by atoms with Crippen molar-refractivity contribution in [2.45, 2.75) is 72.8 Å². The van der Waals surface area contributed by atoms with Gasteiger partial charge >= 0.3 is 29.8 Å². The molecule has 0 spiro atoms. The molecule has 1 N–H and O–H groups in total. The van der Waals surface area contributed by atoms with Gasteiger partial charge in [0, 0.05) is 48.5 Å². The van der Waals surface area contributed by atoms with E-state index in [9.17, 15) is 33.6 Å². The number of amides is 2. The van der Waals surface area contributed by atoms with Gasteiger partial charge in [0.15, 0.2) is 18.3 Å². The SMILES string of the molecule is CC(=O)NN(C(C)=O)[C@@H](COC(C)=O)[C@@H](OC(C)=O)[C@H](OC(C)=O)[C@@H](COC(C)=O)OC(C)=O. The highest BCUT2D eigenvalue weighted by molar-refractivity contribution is 5.80. The molecule has 0 rings (SSSR count). The molecule has 0 aliphatic rings. The molecule has 0 bridgehead atoms.